The standard InChI is InChI=1S/C15H23N3O4S/c1-11-5-6-14(22-11)13-4-3-7-18(13)15(19)16-8-12-9-17(10-12)23(2,20)21/h5-6,12-13H,3-4,7-10H2,1-2H3,(H,16,19)/t13-/m1/s1. The van der Waals surface area contributed by atoms with Crippen molar-refractivity contribution in [1.82, 2.24) is 14.5 Å². The van der Waals surface area contributed by atoms with Crippen LogP contribution in [0.2, 0.25) is 0 Å². The van der Waals surface area contributed by atoms with Gasteiger partial charge >= 0.3 is 6.03 Å². The second-order valence-corrected chi connectivity index (χ2v) is 8.41. The molecule has 2 aliphatic heterocycles. The zero-order valence-corrected chi connectivity index (χ0v) is 14.3. The lowest BCUT2D eigenvalue weighted by Crippen LogP contribution is -2.54. The van der Waals surface area contributed by atoms with E-state index in [4.69, 9.17) is 4.42 Å². The summed E-state index contributed by atoms with van der Waals surface area (Å²) >= 11 is 0. The first-order valence-electron chi connectivity index (χ1n) is 7.90. The molecule has 2 amide bonds. The minimum atomic E-state index is -3.10. The Kier molecular flexibility index (Phi) is 4.37. The molecular weight excluding hydrogens is 318 g/mol. The van der Waals surface area contributed by atoms with Gasteiger partial charge in [-0.1, -0.05) is 0 Å². The summed E-state index contributed by atoms with van der Waals surface area (Å²) < 4.78 is 29.7. The summed E-state index contributed by atoms with van der Waals surface area (Å²) in [6.07, 6.45) is 3.08. The van der Waals surface area contributed by atoms with Crippen LogP contribution in [0.5, 0.6) is 0 Å². The van der Waals surface area contributed by atoms with E-state index < -0.39 is 10.0 Å². The Hall–Kier alpha value is -1.54. The Morgan fingerprint density at radius 1 is 1.39 bits per heavy atom. The van der Waals surface area contributed by atoms with Gasteiger partial charge in [-0.2, -0.15) is 0 Å². The molecular formula is C15H23N3O4S. The van der Waals surface area contributed by atoms with Gasteiger partial charge in [-0.15, -0.1) is 0 Å². The fourth-order valence-electron chi connectivity index (χ4n) is 3.19. The van der Waals surface area contributed by atoms with E-state index in [2.05, 4.69) is 5.32 Å². The Morgan fingerprint density at radius 2 is 2.13 bits per heavy atom. The van der Waals surface area contributed by atoms with Gasteiger partial charge in [-0.25, -0.2) is 17.5 Å². The third-order valence-corrected chi connectivity index (χ3v) is 5.77. The predicted molar refractivity (Wildman–Crippen MR) is 85.4 cm³/mol. The number of furan rings is 1. The number of nitrogens with zero attached hydrogens (tertiary/aromatic N) is 2. The number of hydrogen-bond donors (Lipinski definition) is 1. The quantitative estimate of drug-likeness (QED) is 0.895. The summed E-state index contributed by atoms with van der Waals surface area (Å²) in [7, 11) is -3.10. The molecule has 3 rings (SSSR count). The number of sulfonamides is 1. The van der Waals surface area contributed by atoms with Crippen LogP contribution in [0.3, 0.4) is 0 Å². The number of amides is 2. The smallest absolute Gasteiger partial charge is 0.318 e. The van der Waals surface area contributed by atoms with Gasteiger partial charge in [0.1, 0.15) is 11.5 Å². The van der Waals surface area contributed by atoms with Crippen LogP contribution in [0.1, 0.15) is 30.4 Å². The number of carbonyl (C=O) groups excluding carboxylic acids is 1. The summed E-state index contributed by atoms with van der Waals surface area (Å²) in [6, 6.07) is 3.75. The maximum absolute atomic E-state index is 12.4. The SMILES string of the molecule is Cc1ccc([C@H]2CCCN2C(=O)NCC2CN(S(C)(=O)=O)C2)o1. The first kappa shape index (κ1) is 16.3. The molecule has 128 valence electrons. The predicted octanol–water partition coefficient (Wildman–Crippen LogP) is 1.33. The fourth-order valence-corrected chi connectivity index (χ4v) is 4.16. The molecule has 0 spiro atoms. The van der Waals surface area contributed by atoms with Gasteiger partial charge in [0.05, 0.1) is 12.3 Å². The third-order valence-electron chi connectivity index (χ3n) is 4.54. The third kappa shape index (κ3) is 3.53. The van der Waals surface area contributed by atoms with Crippen molar-refractivity contribution >= 4 is 16.1 Å². The molecule has 0 bridgehead atoms. The van der Waals surface area contributed by atoms with Crippen LogP contribution in [0.15, 0.2) is 16.5 Å². The maximum atomic E-state index is 12.4. The summed E-state index contributed by atoms with van der Waals surface area (Å²) in [5.74, 6) is 1.88. The Bertz CT molecular complexity index is 679. The number of carbonyl (C=O) groups is 1. The zero-order valence-electron chi connectivity index (χ0n) is 13.5. The fraction of sp³-hybridized carbons (Fsp3) is 0.667. The molecule has 3 heterocycles. The highest BCUT2D eigenvalue weighted by molar-refractivity contribution is 7.88. The number of urea groups is 1. The first-order chi connectivity index (χ1) is 10.8. The molecule has 0 radical (unpaired) electrons. The lowest BCUT2D eigenvalue weighted by atomic mass is 10.0. The van der Waals surface area contributed by atoms with Crippen LogP contribution >= 0.6 is 0 Å². The zero-order chi connectivity index (χ0) is 16.6. The monoisotopic (exact) mass is 341 g/mol. The normalized spacial score (nSPS) is 23.0. The van der Waals surface area contributed by atoms with Crippen molar-refractivity contribution in [3.8, 4) is 0 Å². The number of likely N-dealkylation sites (tertiary alicyclic amines) is 1. The van der Waals surface area contributed by atoms with Crippen molar-refractivity contribution in [2.75, 3.05) is 32.4 Å². The molecule has 0 unspecified atom stereocenters. The molecule has 0 saturated carbocycles. The van der Waals surface area contributed by atoms with Crippen LogP contribution in [0.4, 0.5) is 4.79 Å². The number of aryl methyl sites for hydroxylation is 1. The Labute approximate surface area is 136 Å². The highest BCUT2D eigenvalue weighted by Crippen LogP contribution is 2.32. The van der Waals surface area contributed by atoms with Crippen LogP contribution in [-0.4, -0.2) is 56.1 Å². The first-order valence-corrected chi connectivity index (χ1v) is 9.75. The molecule has 1 atom stereocenters. The maximum Gasteiger partial charge on any atom is 0.318 e. The van der Waals surface area contributed by atoms with Gasteiger partial charge in [0.25, 0.3) is 0 Å². The van der Waals surface area contributed by atoms with E-state index in [0.717, 1.165) is 30.9 Å². The second-order valence-electron chi connectivity index (χ2n) is 6.43. The van der Waals surface area contributed by atoms with Crippen molar-refractivity contribution in [2.24, 2.45) is 5.92 Å². The van der Waals surface area contributed by atoms with Gasteiger partial charge in [-0.3, -0.25) is 0 Å². The van der Waals surface area contributed by atoms with Crippen molar-refractivity contribution in [1.29, 1.82) is 0 Å². The Balaban J connectivity index is 1.50. The van der Waals surface area contributed by atoms with Crippen LogP contribution in [0, 0.1) is 12.8 Å². The lowest BCUT2D eigenvalue weighted by Gasteiger charge is -2.37. The molecule has 23 heavy (non-hydrogen) atoms. The van der Waals surface area contributed by atoms with E-state index in [9.17, 15) is 13.2 Å². The molecule has 1 aromatic heterocycles. The minimum absolute atomic E-state index is 0.00221. The molecule has 8 heteroatoms. The summed E-state index contributed by atoms with van der Waals surface area (Å²) in [5, 5.41) is 2.93. The second kappa shape index (κ2) is 6.16. The van der Waals surface area contributed by atoms with Crippen LogP contribution < -0.4 is 5.32 Å². The van der Waals surface area contributed by atoms with Gasteiger partial charge in [0.2, 0.25) is 10.0 Å². The molecule has 1 aromatic rings. The molecule has 2 saturated heterocycles. The van der Waals surface area contributed by atoms with Gasteiger partial charge in [0, 0.05) is 32.1 Å². The van der Waals surface area contributed by atoms with Crippen molar-refractivity contribution in [3.05, 3.63) is 23.7 Å². The minimum Gasteiger partial charge on any atom is -0.464 e. The molecule has 7 nitrogen and oxygen atoms in total. The van der Waals surface area contributed by atoms with E-state index in [0.29, 0.717) is 19.6 Å². The summed E-state index contributed by atoms with van der Waals surface area (Å²) in [4.78, 5) is 14.2. The molecule has 2 aliphatic rings. The highest BCUT2D eigenvalue weighted by Gasteiger charge is 2.35. The van der Waals surface area contributed by atoms with Crippen molar-refractivity contribution in [2.45, 2.75) is 25.8 Å². The summed E-state index contributed by atoms with van der Waals surface area (Å²) in [5.41, 5.74) is 0. The van der Waals surface area contributed by atoms with Crippen molar-refractivity contribution in [3.63, 3.8) is 0 Å². The Morgan fingerprint density at radius 3 is 2.74 bits per heavy atom. The van der Waals surface area contributed by atoms with E-state index >= 15 is 0 Å². The van der Waals surface area contributed by atoms with Crippen LogP contribution in [0.25, 0.3) is 0 Å². The van der Waals surface area contributed by atoms with E-state index in [-0.39, 0.29) is 18.0 Å². The average Bonchev–Trinajstić information content (AvgIpc) is 3.02. The van der Waals surface area contributed by atoms with E-state index in [1.165, 1.54) is 10.6 Å². The van der Waals surface area contributed by atoms with Gasteiger partial charge in [0.15, 0.2) is 0 Å². The largest absolute Gasteiger partial charge is 0.464 e. The van der Waals surface area contributed by atoms with Crippen molar-refractivity contribution < 1.29 is 17.6 Å². The molecule has 1 N–H and O–H groups in total. The molecule has 0 aliphatic carbocycles. The number of rotatable bonds is 4. The summed E-state index contributed by atoms with van der Waals surface area (Å²) in [6.45, 7) is 4.09. The van der Waals surface area contributed by atoms with Gasteiger partial charge < -0.3 is 14.6 Å². The lowest BCUT2D eigenvalue weighted by molar-refractivity contribution is 0.169. The van der Waals surface area contributed by atoms with Gasteiger partial charge in [-0.05, 0) is 31.9 Å². The number of hydrogen-bond acceptors (Lipinski definition) is 4. The average molecular weight is 341 g/mol. The molecule has 2 fully saturated rings. The number of nitrogens with one attached hydrogen (secondary N) is 1. The van der Waals surface area contributed by atoms with E-state index in [1.54, 1.807) is 0 Å². The highest BCUT2D eigenvalue weighted by atomic mass is 32.2. The molecule has 0 aromatic carbocycles. The van der Waals surface area contributed by atoms with E-state index in [1.807, 2.05) is 24.0 Å². The van der Waals surface area contributed by atoms with Crippen LogP contribution in [-0.2, 0) is 10.0 Å². The topological polar surface area (TPSA) is 82.9 Å².